The molecule has 7 aliphatic rings. The molecule has 9 heterocycles. The van der Waals surface area contributed by atoms with E-state index in [9.17, 15) is 0 Å². The minimum atomic E-state index is -0.0868. The summed E-state index contributed by atoms with van der Waals surface area (Å²) in [4.78, 5) is 37.2. The zero-order valence-electron chi connectivity index (χ0n) is 39.2. The summed E-state index contributed by atoms with van der Waals surface area (Å²) in [6, 6.07) is 4.35. The summed E-state index contributed by atoms with van der Waals surface area (Å²) in [7, 11) is 0. The van der Waals surface area contributed by atoms with Gasteiger partial charge >= 0.3 is 0 Å². The third kappa shape index (κ3) is 9.60. The molecule has 1 radical (unpaired) electrons. The van der Waals surface area contributed by atoms with Gasteiger partial charge in [0.2, 0.25) is 0 Å². The van der Waals surface area contributed by atoms with Crippen LogP contribution >= 0.6 is 0 Å². The van der Waals surface area contributed by atoms with Gasteiger partial charge in [-0.05, 0) is 93.2 Å². The van der Waals surface area contributed by atoms with Gasteiger partial charge < -0.3 is 96.4 Å². The van der Waals surface area contributed by atoms with Gasteiger partial charge in [0.15, 0.2) is 0 Å². The molecule has 2 aromatic heterocycles. The first-order valence-corrected chi connectivity index (χ1v) is 22.7. The summed E-state index contributed by atoms with van der Waals surface area (Å²) in [5.41, 5.74) is 10.7. The zero-order valence-corrected chi connectivity index (χ0v) is 44.2. The molecule has 0 fully saturated rings. The molecule has 0 saturated heterocycles. The van der Waals surface area contributed by atoms with E-state index in [1.807, 2.05) is 0 Å². The second-order valence-electron chi connectivity index (χ2n) is 16.0. The van der Waals surface area contributed by atoms with Crippen molar-refractivity contribution >= 4 is 33.9 Å². The Bertz CT molecular complexity index is 2350. The number of hydrogen-bond acceptors (Lipinski definition) is 9. The van der Waals surface area contributed by atoms with Gasteiger partial charge in [-0.1, -0.05) is 12.1 Å². The van der Waals surface area contributed by atoms with Gasteiger partial charge in [-0.15, -0.1) is 11.4 Å². The normalized spacial score (nSPS) is 20.5. The van der Waals surface area contributed by atoms with E-state index in [0.717, 1.165) is 135 Å². The van der Waals surface area contributed by atoms with Crippen molar-refractivity contribution < 1.29 is 83.7 Å². The van der Waals surface area contributed by atoms with Crippen molar-refractivity contribution in [2.24, 2.45) is 15.0 Å². The summed E-state index contributed by atoms with van der Waals surface area (Å²) in [5, 5.41) is 0. The molecule has 8 bridgehead atoms. The molecule has 0 aliphatic carbocycles. The number of rotatable bonds is 9. The number of aromatic nitrogens is 3. The van der Waals surface area contributed by atoms with Crippen LogP contribution in [0.3, 0.4) is 0 Å². The Morgan fingerprint density at radius 2 is 0.985 bits per heavy atom. The van der Waals surface area contributed by atoms with Gasteiger partial charge in [0.05, 0.1) is 47.9 Å². The Kier molecular flexibility index (Phi) is 20.5. The standard InChI is InChI=1S/C48H62N12.5ClH.Mn/c1-9-53-25-26-54(10-2)45(53)41-33-17-19-35(49-33)42(46-55(11-3)27-28-56(46)12-4)37-21-23-39(51-37)44(48-59(15-7)31-32-60(48)16-8)40-24-22-38(52-40)43(36-20-18-34(41)50-36)47-57(13-5)29-30-58(47)14-6;;;;;;/h17,19,22,24-32,34,37H,9-16,18,20-21,23H2,1-8H3;5*1H;/p-5. The summed E-state index contributed by atoms with van der Waals surface area (Å²) in [6.07, 6.45) is 25.7. The van der Waals surface area contributed by atoms with Gasteiger partial charge in [-0.2, -0.15) is 0 Å². The molecule has 361 valence electrons. The predicted octanol–water partition coefficient (Wildman–Crippen LogP) is -7.63. The Balaban J connectivity index is 0.00000193. The van der Waals surface area contributed by atoms with Gasteiger partial charge in [0.25, 0.3) is 5.82 Å². The van der Waals surface area contributed by atoms with Crippen molar-refractivity contribution in [3.8, 4) is 0 Å². The molecule has 12 nitrogen and oxygen atoms in total. The molecular formula is C48H62Cl5MnN12-5. The first-order chi connectivity index (χ1) is 29.4. The van der Waals surface area contributed by atoms with Crippen LogP contribution in [0, 0.1) is 0 Å². The largest absolute Gasteiger partial charge is 1.00 e. The van der Waals surface area contributed by atoms with Crippen LogP contribution in [0.5, 0.6) is 0 Å². The van der Waals surface area contributed by atoms with Crippen LogP contribution in [0.2, 0.25) is 0 Å². The van der Waals surface area contributed by atoms with E-state index in [0.29, 0.717) is 0 Å². The Labute approximate surface area is 434 Å². The molecular weight excluding hydrogens is 977 g/mol. The van der Waals surface area contributed by atoms with Crippen LogP contribution in [0.4, 0.5) is 0 Å². The number of imidazole rings is 1. The van der Waals surface area contributed by atoms with Crippen molar-refractivity contribution in [3.63, 3.8) is 0 Å². The maximum absolute atomic E-state index is 5.80. The molecule has 0 amide bonds. The second kappa shape index (κ2) is 24.0. The smallest absolute Gasteiger partial charge is 0.292 e. The number of allylic oxidation sites excluding steroid dienone is 4. The minimum absolute atomic E-state index is 0. The number of fused-ring (bicyclic) bond motifs is 5. The minimum Gasteiger partial charge on any atom is -1.00 e. The first-order valence-electron chi connectivity index (χ1n) is 22.7. The monoisotopic (exact) mass is 1040 g/mol. The molecule has 2 unspecified atom stereocenters. The first kappa shape index (κ1) is 56.5. The van der Waals surface area contributed by atoms with E-state index in [4.69, 9.17) is 20.0 Å². The maximum atomic E-state index is 5.80. The van der Waals surface area contributed by atoms with E-state index in [1.54, 1.807) is 0 Å². The van der Waals surface area contributed by atoms with Crippen LogP contribution < -0.4 is 71.6 Å². The molecule has 0 saturated carbocycles. The molecule has 66 heavy (non-hydrogen) atoms. The fourth-order valence-electron chi connectivity index (χ4n) is 10.0. The topological polar surface area (TPSA) is 79.4 Å². The van der Waals surface area contributed by atoms with Crippen molar-refractivity contribution in [2.45, 2.75) is 106 Å². The number of aliphatic imine (C=N–C) groups is 3. The zero-order chi connectivity index (χ0) is 41.7. The number of aryl methyl sites for hydroxylation is 2. The Morgan fingerprint density at radius 1 is 0.561 bits per heavy atom. The van der Waals surface area contributed by atoms with Crippen molar-refractivity contribution in [2.75, 3.05) is 39.3 Å². The van der Waals surface area contributed by atoms with Crippen LogP contribution in [-0.4, -0.2) is 102 Å². The van der Waals surface area contributed by atoms with Gasteiger partial charge in [-0.3, -0.25) is 9.98 Å². The van der Waals surface area contributed by atoms with E-state index >= 15 is 0 Å². The molecule has 2 aromatic rings. The Hall–Kier alpha value is -3.81. The molecule has 0 N–H and O–H groups in total. The van der Waals surface area contributed by atoms with Gasteiger partial charge in [0.1, 0.15) is 35.4 Å². The van der Waals surface area contributed by atoms with E-state index < -0.39 is 0 Å². The average molecular weight is 1040 g/mol. The fraction of sp³-hybridized carbons (Fsp3) is 0.458. The van der Waals surface area contributed by atoms with Crippen molar-refractivity contribution in [1.29, 1.82) is 0 Å². The summed E-state index contributed by atoms with van der Waals surface area (Å²) < 4.78 is 4.72. The third-order valence-electron chi connectivity index (χ3n) is 13.1. The maximum Gasteiger partial charge on any atom is 0.292 e. The van der Waals surface area contributed by atoms with Gasteiger partial charge in [0, 0.05) is 110 Å². The number of halogens is 5. The Morgan fingerprint density at radius 3 is 1.39 bits per heavy atom. The molecule has 18 heteroatoms. The predicted molar refractivity (Wildman–Crippen MR) is 243 cm³/mol. The quantitative estimate of drug-likeness (QED) is 0.183. The van der Waals surface area contributed by atoms with E-state index in [2.05, 4.69) is 168 Å². The second-order valence-corrected chi connectivity index (χ2v) is 16.0. The summed E-state index contributed by atoms with van der Waals surface area (Å²) in [5.74, 6) is 4.68. The van der Waals surface area contributed by atoms with Crippen molar-refractivity contribution in [3.05, 3.63) is 120 Å². The fourth-order valence-corrected chi connectivity index (χ4v) is 10.0. The molecule has 7 aliphatic heterocycles. The van der Waals surface area contributed by atoms with Crippen LogP contribution in [0.25, 0.3) is 16.7 Å². The summed E-state index contributed by atoms with van der Waals surface area (Å²) in [6.45, 7) is 24.7. The number of hydrogen-bond donors (Lipinski definition) is 0. The van der Waals surface area contributed by atoms with Crippen molar-refractivity contribution in [1.82, 2.24) is 39.0 Å². The molecule has 0 aromatic carbocycles. The SMILES string of the molecule is CCN1C=CN(CC)C1=C1C2=NC(=C(c3n(CC)cc[n+]3CC)C3=NC(CC3)C(=C3N(CC)C=CN3CC)c3ccc([n-]3)C(=C3N(CC)C=CN3CC)C3CCC1=N3)C=C2.[Cl-].[Cl-].[Cl-].[Cl-].[Cl-].[Mn]. The van der Waals surface area contributed by atoms with E-state index in [1.165, 1.54) is 22.8 Å². The molecule has 0 spiro atoms. The average Bonchev–Trinajstić information content (AvgIpc) is 4.13. The van der Waals surface area contributed by atoms with Gasteiger partial charge in [-0.25, -0.2) is 14.1 Å². The molecule has 2 atom stereocenters. The van der Waals surface area contributed by atoms with Crippen LogP contribution in [0.15, 0.2) is 118 Å². The molecule has 9 rings (SSSR count). The third-order valence-corrected chi connectivity index (χ3v) is 13.1. The van der Waals surface area contributed by atoms with Crippen LogP contribution in [0.1, 0.15) is 98.3 Å². The number of nitrogens with zero attached hydrogens (tertiary/aromatic N) is 12. The van der Waals surface area contributed by atoms with Crippen LogP contribution in [-0.2, 0) is 30.2 Å². The summed E-state index contributed by atoms with van der Waals surface area (Å²) >= 11 is 0. The van der Waals surface area contributed by atoms with E-state index in [-0.39, 0.29) is 91.2 Å².